The van der Waals surface area contributed by atoms with Crippen molar-refractivity contribution in [1.82, 2.24) is 0 Å². The zero-order valence-corrected chi connectivity index (χ0v) is 25.5. The van der Waals surface area contributed by atoms with Crippen LogP contribution in [0.1, 0.15) is 7.43 Å². The number of aliphatic imine (C=N–C) groups is 2. The van der Waals surface area contributed by atoms with E-state index in [0.29, 0.717) is 45.6 Å². The molecule has 2 unspecified atom stereocenters. The zero-order valence-electron chi connectivity index (χ0n) is 24.3. The van der Waals surface area contributed by atoms with Crippen molar-refractivity contribution in [2.24, 2.45) is 21.5 Å². The van der Waals surface area contributed by atoms with E-state index in [1.165, 1.54) is 0 Å². The molecule has 0 radical (unpaired) electrons. The molecule has 0 amide bonds. The molecule has 0 saturated heterocycles. The Bertz CT molecular complexity index is 1450. The number of rotatable bonds is 2. The van der Waals surface area contributed by atoms with Crippen LogP contribution in [0.2, 0.25) is 0 Å². The fourth-order valence-corrected chi connectivity index (χ4v) is 3.14. The van der Waals surface area contributed by atoms with Gasteiger partial charge in [0.15, 0.2) is 0 Å². The first-order chi connectivity index (χ1) is 20.5. The first-order valence-electron chi connectivity index (χ1n) is 12.9. The van der Waals surface area contributed by atoms with E-state index in [1.807, 2.05) is 24.3 Å². The van der Waals surface area contributed by atoms with Gasteiger partial charge in [-0.2, -0.15) is 0 Å². The fourth-order valence-electron chi connectivity index (χ4n) is 3.14. The number of nitrogen functional groups attached to an aromatic ring is 4. The maximum absolute atomic E-state index is 7.01. The number of benzene rings is 3. The van der Waals surface area contributed by atoms with E-state index in [-0.39, 0.29) is 21.8 Å². The molecule has 16 N–H and O–H groups in total. The molecule has 3 aromatic rings. The van der Waals surface area contributed by atoms with Crippen molar-refractivity contribution in [2.45, 2.75) is 7.43 Å². The van der Waals surface area contributed by atoms with E-state index < -0.39 is 0 Å². The molecule has 0 bridgehead atoms. The Hall–Kier alpha value is -5.08. The predicted octanol–water partition coefficient (Wildman–Crippen LogP) is 4.86. The topological polar surface area (TPSA) is 260 Å². The summed E-state index contributed by atoms with van der Waals surface area (Å²) in [5, 5.41) is 14.0. The lowest BCUT2D eigenvalue weighted by atomic mass is 10.1. The van der Waals surface area contributed by atoms with E-state index in [4.69, 9.17) is 46.5 Å². The number of anilines is 4. The van der Waals surface area contributed by atoms with E-state index in [9.17, 15) is 0 Å². The van der Waals surface area contributed by atoms with Crippen molar-refractivity contribution < 1.29 is 5.48 Å². The summed E-state index contributed by atoms with van der Waals surface area (Å²) in [6.45, 7) is 0. The third-order valence-electron chi connectivity index (χ3n) is 5.28. The molecule has 2 atom stereocenters. The van der Waals surface area contributed by atoms with Crippen LogP contribution in [0.5, 0.6) is 0 Å². The Labute approximate surface area is 264 Å². The highest BCUT2D eigenvalue weighted by atomic mass is 32.0. The molecule has 0 saturated carbocycles. The second-order valence-electron chi connectivity index (χ2n) is 8.62. The van der Waals surface area contributed by atoms with E-state index in [1.54, 1.807) is 85.0 Å². The minimum Gasteiger partial charge on any atom is -0.412 e. The number of allylic oxidation sites excluding steroid dienone is 6. The van der Waals surface area contributed by atoms with Gasteiger partial charge in [0.05, 0.1) is 46.9 Å². The highest BCUT2D eigenvalue weighted by Crippen LogP contribution is 2.20. The highest BCUT2D eigenvalue weighted by Gasteiger charge is 2.13. The minimum absolute atomic E-state index is 0. The molecule has 2 aliphatic carbocycles. The van der Waals surface area contributed by atoms with Gasteiger partial charge in [0.2, 0.25) is 0 Å². The summed E-state index contributed by atoms with van der Waals surface area (Å²) in [6, 6.07) is 21.5. The molecular formula is C31H42N10OP2. The van der Waals surface area contributed by atoms with Crippen LogP contribution in [0, 0.1) is 10.8 Å². The van der Waals surface area contributed by atoms with Gasteiger partial charge in [0.25, 0.3) is 0 Å². The Kier molecular flexibility index (Phi) is 16.7. The van der Waals surface area contributed by atoms with Crippen molar-refractivity contribution >= 4 is 74.8 Å². The molecule has 13 heteroatoms. The Morgan fingerprint density at radius 2 is 0.750 bits per heavy atom. The average molecular weight is 634 g/mol. The maximum atomic E-state index is 7.01. The molecule has 5 rings (SSSR count). The van der Waals surface area contributed by atoms with E-state index >= 15 is 0 Å². The normalized spacial score (nSPS) is 15.2. The van der Waals surface area contributed by atoms with Crippen molar-refractivity contribution in [1.29, 1.82) is 12.1 Å². The molecule has 11 nitrogen and oxygen atoms in total. The van der Waals surface area contributed by atoms with Crippen molar-refractivity contribution in [3.63, 3.8) is 0 Å². The highest BCUT2D eigenvalue weighted by molar-refractivity contribution is 7.92. The molecule has 0 aromatic heterocycles. The van der Waals surface area contributed by atoms with Gasteiger partial charge in [-0.15, -0.1) is 17.8 Å². The van der Waals surface area contributed by atoms with Crippen LogP contribution in [0.3, 0.4) is 0 Å². The number of hydrogen-bond acceptors (Lipinski definition) is 10. The Morgan fingerprint density at radius 3 is 1.00 bits per heavy atom. The van der Waals surface area contributed by atoms with Gasteiger partial charge >= 0.3 is 0 Å². The zero-order chi connectivity index (χ0) is 31.8. The van der Waals surface area contributed by atoms with Gasteiger partial charge < -0.3 is 50.7 Å². The molecule has 0 spiro atoms. The van der Waals surface area contributed by atoms with E-state index in [0.717, 1.165) is 22.7 Å². The van der Waals surface area contributed by atoms with Gasteiger partial charge in [0.1, 0.15) is 0 Å². The number of nitrogens with zero attached hydrogens (tertiary/aromatic N) is 2. The number of nitrogens with one attached hydrogen (secondary N) is 2. The molecule has 0 aliphatic heterocycles. The fraction of sp³-hybridized carbons (Fsp3) is 0.0323. The average Bonchev–Trinajstić information content (AvgIpc) is 2.98. The van der Waals surface area contributed by atoms with Gasteiger partial charge in [-0.05, 0) is 109 Å². The van der Waals surface area contributed by atoms with Crippen LogP contribution in [-0.4, -0.2) is 29.6 Å². The van der Waals surface area contributed by atoms with Crippen molar-refractivity contribution in [3.8, 4) is 0 Å². The molecular weight excluding hydrogens is 590 g/mol. The largest absolute Gasteiger partial charge is 0.412 e. The van der Waals surface area contributed by atoms with Gasteiger partial charge in [-0.1, -0.05) is 7.43 Å². The first kappa shape index (κ1) is 36.9. The lowest BCUT2D eigenvalue weighted by Crippen LogP contribution is -2.22. The van der Waals surface area contributed by atoms with Crippen LogP contribution in [0.4, 0.5) is 34.1 Å². The third-order valence-corrected chi connectivity index (χ3v) is 5.28. The molecule has 232 valence electrons. The first-order valence-corrected chi connectivity index (χ1v) is 14.7. The van der Waals surface area contributed by atoms with Crippen LogP contribution >= 0.6 is 17.8 Å². The van der Waals surface area contributed by atoms with Crippen LogP contribution in [0.15, 0.2) is 131 Å². The predicted molar refractivity (Wildman–Crippen MR) is 199 cm³/mol. The van der Waals surface area contributed by atoms with Crippen molar-refractivity contribution in [2.75, 3.05) is 22.9 Å². The van der Waals surface area contributed by atoms with Crippen LogP contribution < -0.4 is 34.4 Å². The molecule has 44 heavy (non-hydrogen) atoms. The van der Waals surface area contributed by atoms with Gasteiger partial charge in [-0.3, -0.25) is 0 Å². The quantitative estimate of drug-likeness (QED) is 0.111. The minimum atomic E-state index is 0. The second kappa shape index (κ2) is 19.9. The Morgan fingerprint density at radius 1 is 0.523 bits per heavy atom. The Balaban J connectivity index is 0.000000756. The van der Waals surface area contributed by atoms with Gasteiger partial charge in [-0.25, -0.2) is 9.98 Å². The standard InChI is InChI=1S/C18H18N6.C6H8N2.C6H6N2.CH4.H2O.H4P2/c19-11-1-5-13(6-2-11)23-17-9-16(22)18(10-15(17)21)24-14-7-3-12(20)4-8-14;2*7-5-1-2-6(8)4-3-5;;;1-2/h1-10H,19-22H2;1-4H,7-8H2;1-4,7-8H;1H4;1H2;1-2H2/i;;;;;1D. The third kappa shape index (κ3) is 13.7. The monoisotopic (exact) mass is 633 g/mol. The summed E-state index contributed by atoms with van der Waals surface area (Å²) in [7, 11) is 2.52. The van der Waals surface area contributed by atoms with Crippen LogP contribution in [0.25, 0.3) is 0 Å². The lowest BCUT2D eigenvalue weighted by Gasteiger charge is -2.12. The molecule has 0 heterocycles. The second-order valence-corrected chi connectivity index (χ2v) is 8.62. The SMILES string of the molecule is C.N=C1C=CC(=N)C=C1.NC1=CC(=Nc2ccc(N)cc2)C(N)=CC1=Nc1ccc(N)cc1.Nc1ccc(N)cc1.O.[2H]PP. The summed E-state index contributed by atoms with van der Waals surface area (Å²) in [5.41, 5.74) is 41.7. The summed E-state index contributed by atoms with van der Waals surface area (Å²) in [5.74, 6) is 0. The maximum Gasteiger partial charge on any atom is 0.0888 e. The van der Waals surface area contributed by atoms with Gasteiger partial charge in [0, 0.05) is 22.7 Å². The lowest BCUT2D eigenvalue weighted by molar-refractivity contribution is 0.824. The van der Waals surface area contributed by atoms with E-state index in [2.05, 4.69) is 18.9 Å². The molecule has 0 fully saturated rings. The van der Waals surface area contributed by atoms with Crippen molar-refractivity contribution in [3.05, 3.63) is 121 Å². The smallest absolute Gasteiger partial charge is 0.0888 e. The molecule has 2 aliphatic rings. The number of nitrogens with two attached hydrogens (primary N) is 6. The molecule has 3 aromatic carbocycles. The summed E-state index contributed by atoms with van der Waals surface area (Å²) in [4.78, 5) is 8.97. The summed E-state index contributed by atoms with van der Waals surface area (Å²) >= 11 is 0. The summed E-state index contributed by atoms with van der Waals surface area (Å²) in [6.07, 6.45) is 9.82. The van der Waals surface area contributed by atoms with Crippen LogP contribution in [-0.2, 0) is 0 Å². The summed E-state index contributed by atoms with van der Waals surface area (Å²) < 4.78 is 6.20. The number of hydrogen-bond donors (Lipinski definition) is 8.